The number of nitrogens with zero attached hydrogens (tertiary/aromatic N) is 1. The maximum atomic E-state index is 12.2. The molecular weight excluding hydrogens is 228 g/mol. The highest BCUT2D eigenvalue weighted by Gasteiger charge is 2.23. The molecule has 0 unspecified atom stereocenters. The molecule has 0 atom stereocenters. The highest BCUT2D eigenvalue weighted by Crippen LogP contribution is 2.23. The van der Waals surface area contributed by atoms with Crippen molar-refractivity contribution in [3.05, 3.63) is 29.8 Å². The molecule has 92 valence electrons. The minimum Gasteiger partial charge on any atom is -0.434 e. The number of hydrogen-bond donors (Lipinski definition) is 0. The van der Waals surface area contributed by atoms with Crippen LogP contribution in [0.4, 0.5) is 8.78 Å². The Morgan fingerprint density at radius 2 is 1.88 bits per heavy atom. The molecule has 0 bridgehead atoms. The Balaban J connectivity index is 2.21. The van der Waals surface area contributed by atoms with Gasteiger partial charge in [-0.2, -0.15) is 8.78 Å². The SMILES string of the molecule is O=C(c1ccccc1OC(F)F)N1CCCC1. The highest BCUT2D eigenvalue weighted by atomic mass is 19.3. The van der Waals surface area contributed by atoms with E-state index in [1.165, 1.54) is 12.1 Å². The van der Waals surface area contributed by atoms with Gasteiger partial charge in [0, 0.05) is 13.1 Å². The summed E-state index contributed by atoms with van der Waals surface area (Å²) in [5.41, 5.74) is 0.203. The summed E-state index contributed by atoms with van der Waals surface area (Å²) in [4.78, 5) is 13.7. The number of para-hydroxylation sites is 1. The van der Waals surface area contributed by atoms with Crippen LogP contribution < -0.4 is 4.74 Å². The first-order valence-electron chi connectivity index (χ1n) is 5.51. The fourth-order valence-corrected chi connectivity index (χ4v) is 1.93. The molecule has 0 aliphatic carbocycles. The molecule has 1 aromatic carbocycles. The summed E-state index contributed by atoms with van der Waals surface area (Å²) < 4.78 is 28.7. The van der Waals surface area contributed by atoms with E-state index in [1.807, 2.05) is 0 Å². The van der Waals surface area contributed by atoms with E-state index in [-0.39, 0.29) is 17.2 Å². The number of halogens is 2. The summed E-state index contributed by atoms with van der Waals surface area (Å²) >= 11 is 0. The van der Waals surface area contributed by atoms with Crippen LogP contribution in [0.25, 0.3) is 0 Å². The van der Waals surface area contributed by atoms with Crippen LogP contribution in [0.15, 0.2) is 24.3 Å². The van der Waals surface area contributed by atoms with E-state index >= 15 is 0 Å². The Kier molecular flexibility index (Phi) is 3.56. The van der Waals surface area contributed by atoms with Crippen LogP contribution in [-0.2, 0) is 0 Å². The second-order valence-electron chi connectivity index (χ2n) is 3.87. The van der Waals surface area contributed by atoms with Gasteiger partial charge in [0.2, 0.25) is 0 Å². The van der Waals surface area contributed by atoms with Crippen LogP contribution in [0.5, 0.6) is 5.75 Å². The van der Waals surface area contributed by atoms with E-state index < -0.39 is 6.61 Å². The third-order valence-electron chi connectivity index (χ3n) is 2.73. The van der Waals surface area contributed by atoms with Gasteiger partial charge < -0.3 is 9.64 Å². The molecule has 1 aromatic rings. The molecule has 0 aromatic heterocycles. The molecule has 1 amide bonds. The number of hydrogen-bond acceptors (Lipinski definition) is 2. The molecule has 0 spiro atoms. The Labute approximate surface area is 98.0 Å². The zero-order valence-electron chi connectivity index (χ0n) is 9.23. The van der Waals surface area contributed by atoms with Crippen molar-refractivity contribution in [2.24, 2.45) is 0 Å². The number of carbonyl (C=O) groups excluding carboxylic acids is 1. The van der Waals surface area contributed by atoms with Crippen molar-refractivity contribution < 1.29 is 18.3 Å². The number of amides is 1. The quantitative estimate of drug-likeness (QED) is 0.813. The van der Waals surface area contributed by atoms with Crippen LogP contribution in [0.1, 0.15) is 23.2 Å². The lowest BCUT2D eigenvalue weighted by atomic mass is 10.2. The summed E-state index contributed by atoms with van der Waals surface area (Å²) in [6.45, 7) is -1.55. The third kappa shape index (κ3) is 2.72. The monoisotopic (exact) mass is 241 g/mol. The minimum atomic E-state index is -2.91. The van der Waals surface area contributed by atoms with Crippen LogP contribution in [0.3, 0.4) is 0 Å². The molecule has 17 heavy (non-hydrogen) atoms. The van der Waals surface area contributed by atoms with Crippen molar-refractivity contribution in [3.8, 4) is 5.75 Å². The summed E-state index contributed by atoms with van der Waals surface area (Å²) in [7, 11) is 0. The zero-order valence-corrected chi connectivity index (χ0v) is 9.23. The molecule has 0 saturated carbocycles. The van der Waals surface area contributed by atoms with Gasteiger partial charge in [0.05, 0.1) is 5.56 Å². The van der Waals surface area contributed by atoms with Crippen LogP contribution in [0, 0.1) is 0 Å². The van der Waals surface area contributed by atoms with E-state index in [0.29, 0.717) is 13.1 Å². The number of ether oxygens (including phenoxy) is 1. The van der Waals surface area contributed by atoms with Crippen LogP contribution in [0.2, 0.25) is 0 Å². The van der Waals surface area contributed by atoms with Crippen molar-refractivity contribution in [1.29, 1.82) is 0 Å². The molecule has 2 rings (SSSR count). The Morgan fingerprint density at radius 3 is 2.53 bits per heavy atom. The van der Waals surface area contributed by atoms with Crippen LogP contribution >= 0.6 is 0 Å². The molecule has 1 aliphatic rings. The first kappa shape index (κ1) is 11.8. The Hall–Kier alpha value is -1.65. The molecule has 1 heterocycles. The normalized spacial score (nSPS) is 15.4. The zero-order chi connectivity index (χ0) is 12.3. The molecule has 0 N–H and O–H groups in total. The molecule has 1 fully saturated rings. The van der Waals surface area contributed by atoms with Gasteiger partial charge in [-0.3, -0.25) is 4.79 Å². The molecule has 5 heteroatoms. The van der Waals surface area contributed by atoms with Gasteiger partial charge in [0.25, 0.3) is 5.91 Å². The van der Waals surface area contributed by atoms with Crippen LogP contribution in [-0.4, -0.2) is 30.5 Å². The summed E-state index contributed by atoms with van der Waals surface area (Å²) in [5, 5.41) is 0. The maximum Gasteiger partial charge on any atom is 0.387 e. The lowest BCUT2D eigenvalue weighted by Crippen LogP contribution is -2.28. The fourth-order valence-electron chi connectivity index (χ4n) is 1.93. The predicted octanol–water partition coefficient (Wildman–Crippen LogP) is 2.52. The number of alkyl halides is 2. The van der Waals surface area contributed by atoms with E-state index in [1.54, 1.807) is 17.0 Å². The van der Waals surface area contributed by atoms with E-state index in [4.69, 9.17) is 0 Å². The highest BCUT2D eigenvalue weighted by molar-refractivity contribution is 5.97. The van der Waals surface area contributed by atoms with Crippen molar-refractivity contribution in [1.82, 2.24) is 4.90 Å². The van der Waals surface area contributed by atoms with E-state index in [0.717, 1.165) is 12.8 Å². The largest absolute Gasteiger partial charge is 0.434 e. The van der Waals surface area contributed by atoms with Crippen molar-refractivity contribution in [2.45, 2.75) is 19.5 Å². The van der Waals surface area contributed by atoms with Gasteiger partial charge in [0.15, 0.2) is 0 Å². The lowest BCUT2D eigenvalue weighted by molar-refractivity contribution is -0.0502. The van der Waals surface area contributed by atoms with Crippen molar-refractivity contribution >= 4 is 5.91 Å². The van der Waals surface area contributed by atoms with Crippen molar-refractivity contribution in [3.63, 3.8) is 0 Å². The number of benzene rings is 1. The molecule has 1 saturated heterocycles. The van der Waals surface area contributed by atoms with Gasteiger partial charge in [-0.05, 0) is 25.0 Å². The second-order valence-corrected chi connectivity index (χ2v) is 3.87. The number of carbonyl (C=O) groups is 1. The maximum absolute atomic E-state index is 12.2. The van der Waals surface area contributed by atoms with Gasteiger partial charge in [0.1, 0.15) is 5.75 Å². The Bertz CT molecular complexity index is 403. The standard InChI is InChI=1S/C12H13F2NO2/c13-12(14)17-10-6-2-1-5-9(10)11(16)15-7-3-4-8-15/h1-2,5-6,12H,3-4,7-8H2. The van der Waals surface area contributed by atoms with Crippen molar-refractivity contribution in [2.75, 3.05) is 13.1 Å². The number of rotatable bonds is 3. The summed E-state index contributed by atoms with van der Waals surface area (Å²) in [6.07, 6.45) is 1.92. The van der Waals surface area contributed by atoms with E-state index in [2.05, 4.69) is 4.74 Å². The second kappa shape index (κ2) is 5.12. The minimum absolute atomic E-state index is 0.0561. The topological polar surface area (TPSA) is 29.5 Å². The summed E-state index contributed by atoms with van der Waals surface area (Å²) in [6, 6.07) is 6.11. The average molecular weight is 241 g/mol. The lowest BCUT2D eigenvalue weighted by Gasteiger charge is -2.17. The predicted molar refractivity (Wildman–Crippen MR) is 58.2 cm³/mol. The fraction of sp³-hybridized carbons (Fsp3) is 0.417. The smallest absolute Gasteiger partial charge is 0.387 e. The average Bonchev–Trinajstić information content (AvgIpc) is 2.81. The van der Waals surface area contributed by atoms with E-state index in [9.17, 15) is 13.6 Å². The van der Waals surface area contributed by atoms with Gasteiger partial charge in [-0.25, -0.2) is 0 Å². The first-order chi connectivity index (χ1) is 8.18. The number of likely N-dealkylation sites (tertiary alicyclic amines) is 1. The van der Waals surface area contributed by atoms with Gasteiger partial charge >= 0.3 is 6.61 Å². The summed E-state index contributed by atoms with van der Waals surface area (Å²) in [5.74, 6) is -0.293. The first-order valence-corrected chi connectivity index (χ1v) is 5.51. The molecule has 3 nitrogen and oxygen atoms in total. The molecule has 1 aliphatic heterocycles. The third-order valence-corrected chi connectivity index (χ3v) is 2.73. The molecular formula is C12H13F2NO2. The Morgan fingerprint density at radius 1 is 1.24 bits per heavy atom. The van der Waals surface area contributed by atoms with Gasteiger partial charge in [-0.15, -0.1) is 0 Å². The van der Waals surface area contributed by atoms with Gasteiger partial charge in [-0.1, -0.05) is 12.1 Å². The molecule has 0 radical (unpaired) electrons.